The number of hydrogen-bond acceptors (Lipinski definition) is 5. The van der Waals surface area contributed by atoms with Crippen molar-refractivity contribution < 1.29 is 9.53 Å². The fourth-order valence-electron chi connectivity index (χ4n) is 2.83. The van der Waals surface area contributed by atoms with Gasteiger partial charge in [0.05, 0.1) is 18.7 Å². The van der Waals surface area contributed by atoms with Gasteiger partial charge in [0, 0.05) is 32.7 Å². The molecule has 0 spiro atoms. The zero-order valence-corrected chi connectivity index (χ0v) is 13.7. The summed E-state index contributed by atoms with van der Waals surface area (Å²) in [5.74, 6) is 0.701. The lowest BCUT2D eigenvalue weighted by Gasteiger charge is -2.29. The van der Waals surface area contributed by atoms with Crippen LogP contribution >= 0.6 is 27.3 Å². The van der Waals surface area contributed by atoms with Gasteiger partial charge in [0.1, 0.15) is 9.48 Å². The molecule has 0 unspecified atom stereocenters. The second kappa shape index (κ2) is 6.51. The third kappa shape index (κ3) is 3.21. The predicted molar refractivity (Wildman–Crippen MR) is 81.1 cm³/mol. The molecule has 0 N–H and O–H groups in total. The van der Waals surface area contributed by atoms with Crippen molar-refractivity contribution in [3.05, 3.63) is 15.0 Å². The molecular formula is C13H18BrN3O2S. The SMILES string of the molecule is O=C(c1scnc1Br)N1CC[C@@H](CN2CCOCC2)C1. The first-order valence-corrected chi connectivity index (χ1v) is 8.59. The lowest BCUT2D eigenvalue weighted by Crippen LogP contribution is -2.40. The van der Waals surface area contributed by atoms with Gasteiger partial charge in [-0.15, -0.1) is 11.3 Å². The molecule has 20 heavy (non-hydrogen) atoms. The monoisotopic (exact) mass is 359 g/mol. The van der Waals surface area contributed by atoms with Crippen molar-refractivity contribution in [2.24, 2.45) is 5.92 Å². The Morgan fingerprint density at radius 2 is 2.25 bits per heavy atom. The number of likely N-dealkylation sites (tertiary alicyclic amines) is 1. The minimum atomic E-state index is 0.115. The Hall–Kier alpha value is -0.500. The summed E-state index contributed by atoms with van der Waals surface area (Å²) in [6, 6.07) is 0. The molecule has 0 aliphatic carbocycles. The summed E-state index contributed by atoms with van der Waals surface area (Å²) in [5.41, 5.74) is 1.71. The van der Waals surface area contributed by atoms with Crippen LogP contribution in [0, 0.1) is 5.92 Å². The molecule has 1 atom stereocenters. The molecule has 5 nitrogen and oxygen atoms in total. The minimum absolute atomic E-state index is 0.115. The first-order valence-electron chi connectivity index (χ1n) is 6.92. The number of carbonyl (C=O) groups is 1. The number of aromatic nitrogens is 1. The van der Waals surface area contributed by atoms with Crippen LogP contribution in [0.25, 0.3) is 0 Å². The van der Waals surface area contributed by atoms with Crippen LogP contribution in [0.5, 0.6) is 0 Å². The van der Waals surface area contributed by atoms with E-state index in [9.17, 15) is 4.79 Å². The van der Waals surface area contributed by atoms with E-state index >= 15 is 0 Å². The van der Waals surface area contributed by atoms with E-state index in [2.05, 4.69) is 25.8 Å². The molecule has 3 heterocycles. The van der Waals surface area contributed by atoms with Gasteiger partial charge in [-0.05, 0) is 28.3 Å². The maximum Gasteiger partial charge on any atom is 0.266 e. The summed E-state index contributed by atoms with van der Waals surface area (Å²) in [4.78, 5) is 21.6. The van der Waals surface area contributed by atoms with E-state index in [4.69, 9.17) is 4.74 Å². The van der Waals surface area contributed by atoms with Gasteiger partial charge in [0.2, 0.25) is 0 Å². The number of halogens is 1. The number of amides is 1. The molecule has 7 heteroatoms. The topological polar surface area (TPSA) is 45.7 Å². The minimum Gasteiger partial charge on any atom is -0.379 e. The fraction of sp³-hybridized carbons (Fsp3) is 0.692. The fourth-order valence-corrected chi connectivity index (χ4v) is 4.16. The highest BCUT2D eigenvalue weighted by molar-refractivity contribution is 9.10. The Labute approximate surface area is 131 Å². The smallest absolute Gasteiger partial charge is 0.266 e. The van der Waals surface area contributed by atoms with E-state index in [1.165, 1.54) is 11.3 Å². The van der Waals surface area contributed by atoms with Crippen molar-refractivity contribution >= 4 is 33.2 Å². The Morgan fingerprint density at radius 1 is 1.45 bits per heavy atom. The Morgan fingerprint density at radius 3 is 2.95 bits per heavy atom. The van der Waals surface area contributed by atoms with E-state index < -0.39 is 0 Å². The number of hydrogen-bond donors (Lipinski definition) is 0. The van der Waals surface area contributed by atoms with Crippen LogP contribution in [0.2, 0.25) is 0 Å². The van der Waals surface area contributed by atoms with Crippen molar-refractivity contribution in [2.45, 2.75) is 6.42 Å². The van der Waals surface area contributed by atoms with Gasteiger partial charge in [-0.25, -0.2) is 4.98 Å². The largest absolute Gasteiger partial charge is 0.379 e. The van der Waals surface area contributed by atoms with Crippen molar-refractivity contribution in [1.82, 2.24) is 14.8 Å². The predicted octanol–water partition coefficient (Wildman–Crippen LogP) is 1.70. The molecular weight excluding hydrogens is 342 g/mol. The molecule has 2 fully saturated rings. The third-order valence-corrected chi connectivity index (χ3v) is 5.59. The summed E-state index contributed by atoms with van der Waals surface area (Å²) in [6.45, 7) is 6.51. The van der Waals surface area contributed by atoms with E-state index in [1.807, 2.05) is 4.90 Å². The Bertz CT molecular complexity index is 476. The lowest BCUT2D eigenvalue weighted by molar-refractivity contribution is 0.0310. The number of morpholine rings is 1. The van der Waals surface area contributed by atoms with E-state index in [-0.39, 0.29) is 5.91 Å². The highest BCUT2D eigenvalue weighted by Gasteiger charge is 2.30. The van der Waals surface area contributed by atoms with Crippen LogP contribution in [0.3, 0.4) is 0 Å². The lowest BCUT2D eigenvalue weighted by atomic mass is 10.1. The first kappa shape index (κ1) is 14.4. The van der Waals surface area contributed by atoms with E-state index in [0.29, 0.717) is 10.5 Å². The van der Waals surface area contributed by atoms with Gasteiger partial charge in [0.25, 0.3) is 5.91 Å². The molecule has 110 valence electrons. The van der Waals surface area contributed by atoms with Gasteiger partial charge in [-0.3, -0.25) is 9.69 Å². The molecule has 0 saturated carbocycles. The van der Waals surface area contributed by atoms with E-state index in [1.54, 1.807) is 5.51 Å². The van der Waals surface area contributed by atoms with Gasteiger partial charge >= 0.3 is 0 Å². The normalized spacial score (nSPS) is 24.2. The number of rotatable bonds is 3. The summed E-state index contributed by atoms with van der Waals surface area (Å²) in [6.07, 6.45) is 1.10. The van der Waals surface area contributed by atoms with Crippen molar-refractivity contribution in [1.29, 1.82) is 0 Å². The Balaban J connectivity index is 1.54. The molecule has 0 radical (unpaired) electrons. The van der Waals surface area contributed by atoms with Crippen molar-refractivity contribution in [3.63, 3.8) is 0 Å². The van der Waals surface area contributed by atoms with Crippen LogP contribution in [-0.2, 0) is 4.74 Å². The Kier molecular flexibility index (Phi) is 4.70. The number of ether oxygens (including phenoxy) is 1. The quantitative estimate of drug-likeness (QED) is 0.823. The average Bonchev–Trinajstić information content (AvgIpc) is 3.08. The molecule has 0 aromatic carbocycles. The van der Waals surface area contributed by atoms with Crippen LogP contribution in [0.15, 0.2) is 10.1 Å². The summed E-state index contributed by atoms with van der Waals surface area (Å²) < 4.78 is 6.04. The van der Waals surface area contributed by atoms with Gasteiger partial charge in [-0.1, -0.05) is 0 Å². The highest BCUT2D eigenvalue weighted by atomic mass is 79.9. The number of carbonyl (C=O) groups excluding carboxylic acids is 1. The van der Waals surface area contributed by atoms with E-state index in [0.717, 1.165) is 57.2 Å². The molecule has 0 bridgehead atoms. The molecule has 2 saturated heterocycles. The summed E-state index contributed by atoms with van der Waals surface area (Å²) in [7, 11) is 0. The second-order valence-electron chi connectivity index (χ2n) is 5.29. The van der Waals surface area contributed by atoms with Gasteiger partial charge in [-0.2, -0.15) is 0 Å². The van der Waals surface area contributed by atoms with Gasteiger partial charge < -0.3 is 9.64 Å². The molecule has 2 aliphatic heterocycles. The number of nitrogens with zero attached hydrogens (tertiary/aromatic N) is 3. The second-order valence-corrected chi connectivity index (χ2v) is 6.90. The highest BCUT2D eigenvalue weighted by Crippen LogP contribution is 2.25. The van der Waals surface area contributed by atoms with Crippen LogP contribution in [0.4, 0.5) is 0 Å². The zero-order chi connectivity index (χ0) is 13.9. The zero-order valence-electron chi connectivity index (χ0n) is 11.3. The third-order valence-electron chi connectivity index (χ3n) is 3.91. The van der Waals surface area contributed by atoms with Crippen LogP contribution in [0.1, 0.15) is 16.1 Å². The summed E-state index contributed by atoms with van der Waals surface area (Å²) in [5, 5.41) is 0. The maximum absolute atomic E-state index is 12.4. The van der Waals surface area contributed by atoms with Crippen LogP contribution in [-0.4, -0.2) is 66.6 Å². The van der Waals surface area contributed by atoms with Crippen LogP contribution < -0.4 is 0 Å². The molecule has 2 aliphatic rings. The molecule has 1 amide bonds. The average molecular weight is 360 g/mol. The van der Waals surface area contributed by atoms with Gasteiger partial charge in [0.15, 0.2) is 0 Å². The molecule has 1 aromatic heterocycles. The molecule has 1 aromatic rings. The maximum atomic E-state index is 12.4. The first-order chi connectivity index (χ1) is 9.74. The molecule has 3 rings (SSSR count). The standard InChI is InChI=1S/C13H18BrN3O2S/c14-12-11(20-9-15-12)13(18)17-2-1-10(8-17)7-16-3-5-19-6-4-16/h9-10H,1-8H2/t10-/m0/s1. The number of thiazole rings is 1. The summed E-state index contributed by atoms with van der Waals surface area (Å²) >= 11 is 4.74. The van der Waals surface area contributed by atoms with Crippen molar-refractivity contribution in [3.8, 4) is 0 Å². The van der Waals surface area contributed by atoms with Crippen molar-refractivity contribution in [2.75, 3.05) is 45.9 Å².